The first-order chi connectivity index (χ1) is 9.79. The molecule has 6 heteroatoms. The SMILES string of the molecule is Cc1cccc(CNS(=O)(=O)c2c(C)cc(N)cc2C)n1. The van der Waals surface area contributed by atoms with Crippen molar-refractivity contribution in [2.24, 2.45) is 0 Å². The van der Waals surface area contributed by atoms with Gasteiger partial charge >= 0.3 is 0 Å². The van der Waals surface area contributed by atoms with Gasteiger partial charge in [-0.25, -0.2) is 13.1 Å². The van der Waals surface area contributed by atoms with Crippen molar-refractivity contribution in [2.45, 2.75) is 32.2 Å². The first-order valence-electron chi connectivity index (χ1n) is 6.58. The number of aromatic nitrogens is 1. The molecule has 5 nitrogen and oxygen atoms in total. The second-order valence-electron chi connectivity index (χ2n) is 5.08. The van der Waals surface area contributed by atoms with Crippen LogP contribution in [-0.2, 0) is 16.6 Å². The molecule has 0 unspecified atom stereocenters. The molecule has 0 aliphatic carbocycles. The number of nitrogens with one attached hydrogen (secondary N) is 1. The number of aryl methyl sites for hydroxylation is 3. The molecular weight excluding hydrogens is 286 g/mol. The number of nitrogens with zero attached hydrogens (tertiary/aromatic N) is 1. The number of anilines is 1. The summed E-state index contributed by atoms with van der Waals surface area (Å²) in [5.74, 6) is 0. The monoisotopic (exact) mass is 305 g/mol. The van der Waals surface area contributed by atoms with Crippen LogP contribution in [0.2, 0.25) is 0 Å². The van der Waals surface area contributed by atoms with Crippen molar-refractivity contribution >= 4 is 15.7 Å². The van der Waals surface area contributed by atoms with E-state index in [1.807, 2.05) is 19.1 Å². The molecule has 0 saturated heterocycles. The Hall–Kier alpha value is -1.92. The molecular formula is C15H19N3O2S. The summed E-state index contributed by atoms with van der Waals surface area (Å²) in [6, 6.07) is 8.83. The minimum absolute atomic E-state index is 0.160. The number of pyridine rings is 1. The fourth-order valence-corrected chi connectivity index (χ4v) is 3.79. The maximum Gasteiger partial charge on any atom is 0.241 e. The van der Waals surface area contributed by atoms with E-state index in [-0.39, 0.29) is 11.4 Å². The number of nitrogen functional groups attached to an aromatic ring is 1. The van der Waals surface area contributed by atoms with Crippen LogP contribution in [0.5, 0.6) is 0 Å². The van der Waals surface area contributed by atoms with Crippen molar-refractivity contribution in [3.63, 3.8) is 0 Å². The van der Waals surface area contributed by atoms with Crippen molar-refractivity contribution in [3.8, 4) is 0 Å². The third-order valence-corrected chi connectivity index (χ3v) is 4.85. The highest BCUT2D eigenvalue weighted by Gasteiger charge is 2.19. The summed E-state index contributed by atoms with van der Waals surface area (Å²) in [6.07, 6.45) is 0. The molecule has 0 radical (unpaired) electrons. The molecule has 0 saturated carbocycles. The van der Waals surface area contributed by atoms with Gasteiger partial charge in [-0.1, -0.05) is 6.07 Å². The van der Waals surface area contributed by atoms with Gasteiger partial charge in [0.05, 0.1) is 17.1 Å². The lowest BCUT2D eigenvalue weighted by Gasteiger charge is -2.13. The van der Waals surface area contributed by atoms with Gasteiger partial charge in [0.25, 0.3) is 0 Å². The quantitative estimate of drug-likeness (QED) is 0.847. The smallest absolute Gasteiger partial charge is 0.241 e. The molecule has 0 amide bonds. The summed E-state index contributed by atoms with van der Waals surface area (Å²) in [5, 5.41) is 0. The Morgan fingerprint density at radius 1 is 1.14 bits per heavy atom. The van der Waals surface area contributed by atoms with Crippen LogP contribution in [0.3, 0.4) is 0 Å². The minimum atomic E-state index is -3.59. The number of sulfonamides is 1. The number of hydrogen-bond acceptors (Lipinski definition) is 4. The second-order valence-corrected chi connectivity index (χ2v) is 6.78. The number of benzene rings is 1. The summed E-state index contributed by atoms with van der Waals surface area (Å²) in [6.45, 7) is 5.51. The van der Waals surface area contributed by atoms with Crippen LogP contribution < -0.4 is 10.5 Å². The zero-order valence-corrected chi connectivity index (χ0v) is 13.2. The van der Waals surface area contributed by atoms with Gasteiger partial charge in [0.1, 0.15) is 0 Å². The van der Waals surface area contributed by atoms with Gasteiger partial charge in [-0.15, -0.1) is 0 Å². The third-order valence-electron chi connectivity index (χ3n) is 3.14. The van der Waals surface area contributed by atoms with Gasteiger partial charge in [-0.05, 0) is 56.2 Å². The molecule has 2 aromatic rings. The Bertz CT molecular complexity index is 747. The topological polar surface area (TPSA) is 85.1 Å². The third kappa shape index (κ3) is 3.59. The lowest BCUT2D eigenvalue weighted by Crippen LogP contribution is -2.25. The van der Waals surface area contributed by atoms with E-state index in [0.717, 1.165) is 5.69 Å². The molecule has 1 heterocycles. The van der Waals surface area contributed by atoms with Crippen LogP contribution in [0.4, 0.5) is 5.69 Å². The first-order valence-corrected chi connectivity index (χ1v) is 8.07. The molecule has 0 aliphatic rings. The Labute approximate surface area is 125 Å². The predicted molar refractivity (Wildman–Crippen MR) is 83.3 cm³/mol. The van der Waals surface area contributed by atoms with Crippen molar-refractivity contribution in [2.75, 3.05) is 5.73 Å². The van der Waals surface area contributed by atoms with Gasteiger partial charge in [-0.2, -0.15) is 0 Å². The Kier molecular flexibility index (Phi) is 4.29. The van der Waals surface area contributed by atoms with E-state index >= 15 is 0 Å². The molecule has 0 fully saturated rings. The number of hydrogen-bond donors (Lipinski definition) is 2. The van der Waals surface area contributed by atoms with E-state index in [2.05, 4.69) is 9.71 Å². The zero-order valence-electron chi connectivity index (χ0n) is 12.3. The van der Waals surface area contributed by atoms with Gasteiger partial charge in [0, 0.05) is 11.4 Å². The fraction of sp³-hybridized carbons (Fsp3) is 0.267. The first kappa shape index (κ1) is 15.5. The van der Waals surface area contributed by atoms with Gasteiger partial charge < -0.3 is 5.73 Å². The largest absolute Gasteiger partial charge is 0.399 e. The average Bonchev–Trinajstić information content (AvgIpc) is 2.35. The average molecular weight is 305 g/mol. The van der Waals surface area contributed by atoms with Crippen LogP contribution >= 0.6 is 0 Å². The predicted octanol–water partition coefficient (Wildman–Crippen LogP) is 2.07. The maximum absolute atomic E-state index is 12.5. The molecule has 0 atom stereocenters. The van der Waals surface area contributed by atoms with E-state index < -0.39 is 10.0 Å². The lowest BCUT2D eigenvalue weighted by atomic mass is 10.1. The van der Waals surface area contributed by atoms with Gasteiger partial charge in [-0.3, -0.25) is 4.98 Å². The molecule has 1 aromatic carbocycles. The number of rotatable bonds is 4. The van der Waals surface area contributed by atoms with E-state index in [9.17, 15) is 8.42 Å². The molecule has 2 rings (SSSR count). The van der Waals surface area contributed by atoms with Crippen molar-refractivity contribution < 1.29 is 8.42 Å². The van der Waals surface area contributed by atoms with Crippen molar-refractivity contribution in [3.05, 3.63) is 52.8 Å². The maximum atomic E-state index is 12.5. The minimum Gasteiger partial charge on any atom is -0.399 e. The van der Waals surface area contributed by atoms with Crippen molar-refractivity contribution in [1.82, 2.24) is 9.71 Å². The molecule has 112 valence electrons. The standard InChI is InChI=1S/C15H19N3O2S/c1-10-7-13(16)8-11(2)15(10)21(19,20)17-9-14-6-4-5-12(3)18-14/h4-8,17H,9,16H2,1-3H3. The Morgan fingerprint density at radius 3 is 2.33 bits per heavy atom. The Balaban J connectivity index is 2.27. The van der Waals surface area contributed by atoms with Gasteiger partial charge in [0.15, 0.2) is 0 Å². The molecule has 21 heavy (non-hydrogen) atoms. The lowest BCUT2D eigenvalue weighted by molar-refractivity contribution is 0.579. The van der Waals surface area contributed by atoms with E-state index in [1.54, 1.807) is 32.0 Å². The summed E-state index contributed by atoms with van der Waals surface area (Å²) in [7, 11) is -3.59. The van der Waals surface area contributed by atoms with Crippen LogP contribution in [0.1, 0.15) is 22.5 Å². The van der Waals surface area contributed by atoms with Crippen LogP contribution in [0.25, 0.3) is 0 Å². The summed E-state index contributed by atoms with van der Waals surface area (Å²) >= 11 is 0. The van der Waals surface area contributed by atoms with Gasteiger partial charge in [0.2, 0.25) is 10.0 Å². The fourth-order valence-electron chi connectivity index (χ4n) is 2.35. The second kappa shape index (κ2) is 5.83. The van der Waals surface area contributed by atoms with E-state index in [4.69, 9.17) is 5.73 Å². The zero-order chi connectivity index (χ0) is 15.6. The van der Waals surface area contributed by atoms with Crippen LogP contribution in [0, 0.1) is 20.8 Å². The summed E-state index contributed by atoms with van der Waals surface area (Å²) < 4.78 is 27.5. The summed E-state index contributed by atoms with van der Waals surface area (Å²) in [4.78, 5) is 4.56. The highest BCUT2D eigenvalue weighted by molar-refractivity contribution is 7.89. The summed E-state index contributed by atoms with van der Waals surface area (Å²) in [5.41, 5.74) is 9.10. The van der Waals surface area contributed by atoms with Crippen LogP contribution in [-0.4, -0.2) is 13.4 Å². The van der Waals surface area contributed by atoms with Crippen molar-refractivity contribution in [1.29, 1.82) is 0 Å². The number of nitrogens with two attached hydrogens (primary N) is 1. The van der Waals surface area contributed by atoms with Crippen LogP contribution in [0.15, 0.2) is 35.2 Å². The highest BCUT2D eigenvalue weighted by atomic mass is 32.2. The molecule has 0 spiro atoms. The van der Waals surface area contributed by atoms with E-state index in [1.165, 1.54) is 0 Å². The highest BCUT2D eigenvalue weighted by Crippen LogP contribution is 2.23. The molecule has 0 bridgehead atoms. The Morgan fingerprint density at radius 2 is 1.76 bits per heavy atom. The molecule has 0 aliphatic heterocycles. The molecule has 3 N–H and O–H groups in total. The normalized spacial score (nSPS) is 11.6. The molecule has 1 aromatic heterocycles. The van der Waals surface area contributed by atoms with E-state index in [0.29, 0.717) is 22.5 Å².